The maximum atomic E-state index is 12.8. The summed E-state index contributed by atoms with van der Waals surface area (Å²) in [7, 11) is 1.76. The highest BCUT2D eigenvalue weighted by Gasteiger charge is 2.39. The molecule has 162 valence electrons. The molecule has 30 heavy (non-hydrogen) atoms. The summed E-state index contributed by atoms with van der Waals surface area (Å²) in [4.78, 5) is 24.9. The summed E-state index contributed by atoms with van der Waals surface area (Å²) >= 11 is 0. The molecule has 1 spiro atoms. The molecular weight excluding hydrogens is 386 g/mol. The van der Waals surface area contributed by atoms with E-state index in [4.69, 9.17) is 14.6 Å². The van der Waals surface area contributed by atoms with Crippen LogP contribution in [0.4, 0.5) is 0 Å². The first-order valence-corrected chi connectivity index (χ1v) is 10.6. The summed E-state index contributed by atoms with van der Waals surface area (Å²) in [6, 6.07) is 1.63. The van der Waals surface area contributed by atoms with Crippen LogP contribution in [0.1, 0.15) is 58.4 Å². The number of ether oxygens (including phenoxy) is 2. The van der Waals surface area contributed by atoms with E-state index in [-0.39, 0.29) is 17.9 Å². The third-order valence-electron chi connectivity index (χ3n) is 6.08. The smallest absolute Gasteiger partial charge is 0.358 e. The summed E-state index contributed by atoms with van der Waals surface area (Å²) in [5.74, 6) is -0.456. The lowest BCUT2D eigenvalue weighted by molar-refractivity contribution is 0.0152. The van der Waals surface area contributed by atoms with Gasteiger partial charge in [0.2, 0.25) is 0 Å². The Morgan fingerprint density at radius 2 is 2.13 bits per heavy atom. The Morgan fingerprint density at radius 3 is 2.83 bits per heavy atom. The number of amides is 1. The number of nitrogens with one attached hydrogen (secondary N) is 1. The second-order valence-electron chi connectivity index (χ2n) is 8.18. The van der Waals surface area contributed by atoms with Crippen molar-refractivity contribution >= 4 is 11.9 Å². The van der Waals surface area contributed by atoms with Gasteiger partial charge in [-0.25, -0.2) is 4.79 Å². The maximum Gasteiger partial charge on any atom is 0.358 e. The molecule has 2 aliphatic rings. The van der Waals surface area contributed by atoms with Crippen molar-refractivity contribution < 1.29 is 19.1 Å². The van der Waals surface area contributed by atoms with E-state index in [9.17, 15) is 9.59 Å². The molecule has 2 aromatic rings. The average molecular weight is 415 g/mol. The van der Waals surface area contributed by atoms with Crippen LogP contribution in [-0.4, -0.2) is 57.8 Å². The highest BCUT2D eigenvalue weighted by Crippen LogP contribution is 2.37. The van der Waals surface area contributed by atoms with Gasteiger partial charge in [-0.3, -0.25) is 14.2 Å². The highest BCUT2D eigenvalue weighted by molar-refractivity contribution is 5.97. The molecule has 0 bridgehead atoms. The molecule has 4 heterocycles. The number of aryl methyl sites for hydroxylation is 3. The van der Waals surface area contributed by atoms with Gasteiger partial charge >= 0.3 is 5.97 Å². The van der Waals surface area contributed by atoms with Gasteiger partial charge < -0.3 is 14.8 Å². The topological polar surface area (TPSA) is 100 Å². The fourth-order valence-corrected chi connectivity index (χ4v) is 4.33. The van der Waals surface area contributed by atoms with Gasteiger partial charge in [0.05, 0.1) is 23.6 Å². The van der Waals surface area contributed by atoms with Crippen LogP contribution in [0.2, 0.25) is 0 Å². The predicted molar refractivity (Wildman–Crippen MR) is 108 cm³/mol. The van der Waals surface area contributed by atoms with E-state index in [2.05, 4.69) is 10.4 Å². The van der Waals surface area contributed by atoms with Crippen LogP contribution in [0, 0.1) is 5.41 Å². The van der Waals surface area contributed by atoms with E-state index in [1.54, 1.807) is 24.0 Å². The molecule has 2 aliphatic heterocycles. The average Bonchev–Trinajstić information content (AvgIpc) is 3.30. The number of nitrogens with zero attached hydrogens (tertiary/aromatic N) is 4. The van der Waals surface area contributed by atoms with E-state index in [1.165, 1.54) is 0 Å². The van der Waals surface area contributed by atoms with Crippen molar-refractivity contribution in [3.8, 4) is 0 Å². The minimum absolute atomic E-state index is 0.0212. The minimum Gasteiger partial charge on any atom is -0.461 e. The van der Waals surface area contributed by atoms with Gasteiger partial charge in [-0.05, 0) is 37.2 Å². The van der Waals surface area contributed by atoms with Crippen LogP contribution in [0.5, 0.6) is 0 Å². The zero-order valence-corrected chi connectivity index (χ0v) is 17.6. The maximum absolute atomic E-state index is 12.8. The van der Waals surface area contributed by atoms with Crippen molar-refractivity contribution in [1.82, 2.24) is 24.9 Å². The molecule has 1 fully saturated rings. The molecule has 0 aliphatic carbocycles. The van der Waals surface area contributed by atoms with Gasteiger partial charge in [0.15, 0.2) is 5.69 Å². The van der Waals surface area contributed by atoms with Crippen molar-refractivity contribution in [2.75, 3.05) is 26.4 Å². The first-order chi connectivity index (χ1) is 14.5. The highest BCUT2D eigenvalue weighted by atomic mass is 16.5. The molecule has 0 aromatic carbocycles. The van der Waals surface area contributed by atoms with Gasteiger partial charge in [-0.2, -0.15) is 10.2 Å². The number of esters is 1. The molecule has 0 radical (unpaired) electrons. The van der Waals surface area contributed by atoms with Crippen LogP contribution in [-0.2, 0) is 35.9 Å². The number of aromatic nitrogens is 4. The Balaban J connectivity index is 1.46. The summed E-state index contributed by atoms with van der Waals surface area (Å²) in [6.07, 6.45) is 5.70. The van der Waals surface area contributed by atoms with Gasteiger partial charge in [0.25, 0.3) is 5.91 Å². The predicted octanol–water partition coefficient (Wildman–Crippen LogP) is 1.51. The zero-order chi connectivity index (χ0) is 21.1. The third-order valence-corrected chi connectivity index (χ3v) is 6.08. The number of carbonyl (C=O) groups is 2. The van der Waals surface area contributed by atoms with E-state index in [0.29, 0.717) is 31.6 Å². The van der Waals surface area contributed by atoms with E-state index in [0.717, 1.165) is 49.4 Å². The Hall–Kier alpha value is -2.68. The van der Waals surface area contributed by atoms with Gasteiger partial charge in [0, 0.05) is 46.0 Å². The zero-order valence-electron chi connectivity index (χ0n) is 17.6. The molecule has 9 heteroatoms. The van der Waals surface area contributed by atoms with Crippen LogP contribution in [0.3, 0.4) is 0 Å². The summed E-state index contributed by atoms with van der Waals surface area (Å²) in [5, 5.41) is 11.9. The molecule has 9 nitrogen and oxygen atoms in total. The molecule has 1 amide bonds. The third kappa shape index (κ3) is 4.12. The fourth-order valence-electron chi connectivity index (χ4n) is 4.33. The number of hydrogen-bond acceptors (Lipinski definition) is 6. The normalized spacial score (nSPS) is 18.0. The van der Waals surface area contributed by atoms with Gasteiger partial charge in [0.1, 0.15) is 0 Å². The largest absolute Gasteiger partial charge is 0.461 e. The van der Waals surface area contributed by atoms with Crippen LogP contribution in [0.15, 0.2) is 12.3 Å². The van der Waals surface area contributed by atoms with E-state index in [1.807, 2.05) is 11.6 Å². The number of hydrogen-bond donors (Lipinski definition) is 1. The summed E-state index contributed by atoms with van der Waals surface area (Å²) in [5.41, 5.74) is 2.88. The Labute approximate surface area is 175 Å². The van der Waals surface area contributed by atoms with Crippen molar-refractivity contribution in [2.24, 2.45) is 12.5 Å². The van der Waals surface area contributed by atoms with Crippen molar-refractivity contribution in [1.29, 1.82) is 0 Å². The summed E-state index contributed by atoms with van der Waals surface area (Å²) in [6.45, 7) is 5.01. The number of fused-ring (bicyclic) bond motifs is 1. The lowest BCUT2D eigenvalue weighted by atomic mass is 9.76. The Bertz CT molecular complexity index is 926. The molecular formula is C21H29N5O4. The summed E-state index contributed by atoms with van der Waals surface area (Å²) < 4.78 is 14.4. The minimum atomic E-state index is -0.426. The van der Waals surface area contributed by atoms with Crippen LogP contribution >= 0.6 is 0 Å². The van der Waals surface area contributed by atoms with Gasteiger partial charge in [-0.1, -0.05) is 6.92 Å². The van der Waals surface area contributed by atoms with Crippen molar-refractivity contribution in [2.45, 2.75) is 45.6 Å². The second kappa shape index (κ2) is 8.59. The quantitative estimate of drug-likeness (QED) is 0.567. The number of carbonyl (C=O) groups excluding carboxylic acids is 2. The van der Waals surface area contributed by atoms with Crippen molar-refractivity contribution in [3.63, 3.8) is 0 Å². The van der Waals surface area contributed by atoms with Crippen LogP contribution in [0.25, 0.3) is 0 Å². The van der Waals surface area contributed by atoms with E-state index >= 15 is 0 Å². The molecule has 1 saturated heterocycles. The molecule has 1 N–H and O–H groups in total. The monoisotopic (exact) mass is 415 g/mol. The molecule has 4 rings (SSSR count). The molecule has 2 aromatic heterocycles. The lowest BCUT2D eigenvalue weighted by Gasteiger charge is -2.36. The first-order valence-electron chi connectivity index (χ1n) is 10.6. The first kappa shape index (κ1) is 20.6. The number of rotatable bonds is 6. The lowest BCUT2D eigenvalue weighted by Crippen LogP contribution is -2.40. The van der Waals surface area contributed by atoms with Gasteiger partial charge in [-0.15, -0.1) is 0 Å². The van der Waals surface area contributed by atoms with Crippen molar-refractivity contribution in [3.05, 3.63) is 34.9 Å². The molecule has 0 unspecified atom stereocenters. The second-order valence-corrected chi connectivity index (χ2v) is 8.18. The van der Waals surface area contributed by atoms with Crippen LogP contribution < -0.4 is 5.32 Å². The standard InChI is InChI=1S/C21H29N5O4/c1-3-15-18-17(13-21(14-22-19(18)27)6-11-29-12-7-21)26(24-15)8-4-10-30-20(28)16-5-9-25(2)23-16/h5,9H,3-4,6-8,10-14H2,1-2H3,(H,22,27). The fraction of sp³-hybridized carbons (Fsp3) is 0.619. The SMILES string of the molecule is CCc1nn(CCCOC(=O)c2ccn(C)n2)c2c1C(=O)NCC1(CCOCC1)C2. The molecule has 0 saturated carbocycles. The molecule has 0 atom stereocenters. The Morgan fingerprint density at radius 1 is 1.33 bits per heavy atom. The Kier molecular flexibility index (Phi) is 5.90. The van der Waals surface area contributed by atoms with E-state index < -0.39 is 5.97 Å².